The van der Waals surface area contributed by atoms with Crippen molar-refractivity contribution in [1.82, 2.24) is 15.1 Å². The van der Waals surface area contributed by atoms with Crippen LogP contribution in [0.25, 0.3) is 0 Å². The van der Waals surface area contributed by atoms with Crippen molar-refractivity contribution in [3.8, 4) is 0 Å². The number of nitrogens with one attached hydrogen (secondary N) is 1. The summed E-state index contributed by atoms with van der Waals surface area (Å²) in [6, 6.07) is 0.854. The quantitative estimate of drug-likeness (QED) is 0.785. The molecule has 1 atom stereocenters. The fourth-order valence-corrected chi connectivity index (χ4v) is 3.52. The van der Waals surface area contributed by atoms with Gasteiger partial charge in [-0.1, -0.05) is 12.8 Å². The molecule has 5 heteroatoms. The SMILES string of the molecule is O=C1COC(CN2CCN(C3CCCC3)CC2)CN1. The van der Waals surface area contributed by atoms with Crippen LogP contribution in [-0.2, 0) is 9.53 Å². The minimum Gasteiger partial charge on any atom is -0.365 e. The molecule has 0 radical (unpaired) electrons. The largest absolute Gasteiger partial charge is 0.365 e. The number of amides is 1. The van der Waals surface area contributed by atoms with Gasteiger partial charge in [0.2, 0.25) is 5.91 Å². The summed E-state index contributed by atoms with van der Waals surface area (Å²) in [6.07, 6.45) is 5.81. The first-order valence-electron chi connectivity index (χ1n) is 7.66. The summed E-state index contributed by atoms with van der Waals surface area (Å²) in [5, 5.41) is 2.87. The Morgan fingerprint density at radius 1 is 1.16 bits per heavy atom. The van der Waals surface area contributed by atoms with Crippen LogP contribution in [0, 0.1) is 0 Å². The highest BCUT2D eigenvalue weighted by Crippen LogP contribution is 2.24. The highest BCUT2D eigenvalue weighted by atomic mass is 16.5. The maximum absolute atomic E-state index is 11.0. The van der Waals surface area contributed by atoms with Crippen LogP contribution in [0.5, 0.6) is 0 Å². The lowest BCUT2D eigenvalue weighted by molar-refractivity contribution is -0.134. The number of hydrogen-bond acceptors (Lipinski definition) is 4. The van der Waals surface area contributed by atoms with E-state index >= 15 is 0 Å². The Bertz CT molecular complexity index is 300. The van der Waals surface area contributed by atoms with E-state index < -0.39 is 0 Å². The Balaban J connectivity index is 1.39. The van der Waals surface area contributed by atoms with Gasteiger partial charge >= 0.3 is 0 Å². The van der Waals surface area contributed by atoms with Crippen molar-refractivity contribution in [2.75, 3.05) is 45.9 Å². The van der Waals surface area contributed by atoms with E-state index in [1.807, 2.05) is 0 Å². The molecule has 1 saturated carbocycles. The number of hydrogen-bond donors (Lipinski definition) is 1. The second-order valence-corrected chi connectivity index (χ2v) is 6.01. The zero-order valence-corrected chi connectivity index (χ0v) is 11.6. The lowest BCUT2D eigenvalue weighted by atomic mass is 10.1. The van der Waals surface area contributed by atoms with Crippen LogP contribution in [0.3, 0.4) is 0 Å². The summed E-state index contributed by atoms with van der Waals surface area (Å²) in [7, 11) is 0. The van der Waals surface area contributed by atoms with Crippen molar-refractivity contribution in [3.05, 3.63) is 0 Å². The van der Waals surface area contributed by atoms with Gasteiger partial charge in [0.1, 0.15) is 6.61 Å². The Labute approximate surface area is 115 Å². The van der Waals surface area contributed by atoms with Crippen molar-refractivity contribution in [2.45, 2.75) is 37.8 Å². The number of morpholine rings is 1. The molecule has 3 rings (SSSR count). The first-order chi connectivity index (χ1) is 9.31. The van der Waals surface area contributed by atoms with Gasteiger partial charge in [0, 0.05) is 45.3 Å². The van der Waals surface area contributed by atoms with Gasteiger partial charge in [-0.2, -0.15) is 0 Å². The van der Waals surface area contributed by atoms with E-state index in [1.165, 1.54) is 38.8 Å². The Kier molecular flexibility index (Phi) is 4.35. The number of carbonyl (C=O) groups excluding carboxylic acids is 1. The third-order valence-electron chi connectivity index (χ3n) is 4.69. The maximum atomic E-state index is 11.0. The molecule has 3 fully saturated rings. The monoisotopic (exact) mass is 267 g/mol. The molecule has 2 saturated heterocycles. The zero-order chi connectivity index (χ0) is 13.1. The van der Waals surface area contributed by atoms with Crippen molar-refractivity contribution >= 4 is 5.91 Å². The van der Waals surface area contributed by atoms with E-state index in [2.05, 4.69) is 15.1 Å². The lowest BCUT2D eigenvalue weighted by Crippen LogP contribution is -2.54. The number of nitrogens with zero attached hydrogens (tertiary/aromatic N) is 2. The van der Waals surface area contributed by atoms with Crippen LogP contribution in [0.1, 0.15) is 25.7 Å². The molecule has 1 unspecified atom stereocenters. The van der Waals surface area contributed by atoms with Crippen LogP contribution < -0.4 is 5.32 Å². The lowest BCUT2D eigenvalue weighted by Gasteiger charge is -2.39. The highest BCUT2D eigenvalue weighted by molar-refractivity contribution is 5.77. The smallest absolute Gasteiger partial charge is 0.246 e. The van der Waals surface area contributed by atoms with Gasteiger partial charge in [-0.05, 0) is 12.8 Å². The Morgan fingerprint density at radius 2 is 1.89 bits per heavy atom. The maximum Gasteiger partial charge on any atom is 0.246 e. The molecular weight excluding hydrogens is 242 g/mol. The third kappa shape index (κ3) is 3.46. The van der Waals surface area contributed by atoms with E-state index in [1.54, 1.807) is 0 Å². The first kappa shape index (κ1) is 13.3. The minimum absolute atomic E-state index is 0.0160. The van der Waals surface area contributed by atoms with Crippen LogP contribution in [0.4, 0.5) is 0 Å². The highest BCUT2D eigenvalue weighted by Gasteiger charge is 2.28. The van der Waals surface area contributed by atoms with Gasteiger partial charge in [0.15, 0.2) is 0 Å². The summed E-state index contributed by atoms with van der Waals surface area (Å²) < 4.78 is 5.55. The number of ether oxygens (including phenoxy) is 1. The Hall–Kier alpha value is -0.650. The standard InChI is InChI=1S/C14H25N3O2/c18-14-11-19-13(9-15-14)10-16-5-7-17(8-6-16)12-3-1-2-4-12/h12-13H,1-11H2,(H,15,18). The fraction of sp³-hybridized carbons (Fsp3) is 0.929. The molecular formula is C14H25N3O2. The summed E-state index contributed by atoms with van der Waals surface area (Å²) in [4.78, 5) is 16.2. The molecule has 2 aliphatic heterocycles. The summed E-state index contributed by atoms with van der Waals surface area (Å²) in [6.45, 7) is 6.54. The van der Waals surface area contributed by atoms with Gasteiger partial charge < -0.3 is 10.1 Å². The van der Waals surface area contributed by atoms with Gasteiger partial charge in [0.05, 0.1) is 6.10 Å². The molecule has 3 aliphatic rings. The molecule has 0 aromatic rings. The second-order valence-electron chi connectivity index (χ2n) is 6.01. The molecule has 1 amide bonds. The topological polar surface area (TPSA) is 44.8 Å². The van der Waals surface area contributed by atoms with E-state index in [0.717, 1.165) is 25.7 Å². The molecule has 0 bridgehead atoms. The van der Waals surface area contributed by atoms with Crippen molar-refractivity contribution < 1.29 is 9.53 Å². The van der Waals surface area contributed by atoms with Crippen LogP contribution in [0.15, 0.2) is 0 Å². The van der Waals surface area contributed by atoms with Crippen LogP contribution in [0.2, 0.25) is 0 Å². The molecule has 19 heavy (non-hydrogen) atoms. The number of carbonyl (C=O) groups is 1. The van der Waals surface area contributed by atoms with E-state index in [-0.39, 0.29) is 18.6 Å². The summed E-state index contributed by atoms with van der Waals surface area (Å²) in [5.74, 6) is 0.0160. The molecule has 0 aromatic carbocycles. The van der Waals surface area contributed by atoms with Gasteiger partial charge in [0.25, 0.3) is 0 Å². The molecule has 5 nitrogen and oxygen atoms in total. The first-order valence-corrected chi connectivity index (χ1v) is 7.66. The van der Waals surface area contributed by atoms with E-state index in [9.17, 15) is 4.79 Å². The minimum atomic E-state index is 0.0160. The van der Waals surface area contributed by atoms with Crippen LogP contribution in [-0.4, -0.2) is 73.7 Å². The van der Waals surface area contributed by atoms with Gasteiger partial charge in [-0.25, -0.2) is 0 Å². The Morgan fingerprint density at radius 3 is 2.53 bits per heavy atom. The zero-order valence-electron chi connectivity index (χ0n) is 11.6. The molecule has 0 spiro atoms. The predicted octanol–water partition coefficient (Wildman–Crippen LogP) is 0.0616. The summed E-state index contributed by atoms with van der Waals surface area (Å²) >= 11 is 0. The molecule has 108 valence electrons. The molecule has 2 heterocycles. The third-order valence-corrected chi connectivity index (χ3v) is 4.69. The number of piperazine rings is 1. The predicted molar refractivity (Wildman–Crippen MR) is 73.0 cm³/mol. The van der Waals surface area contributed by atoms with Crippen molar-refractivity contribution in [2.24, 2.45) is 0 Å². The molecule has 1 aliphatic carbocycles. The van der Waals surface area contributed by atoms with E-state index in [4.69, 9.17) is 4.74 Å². The normalized spacial score (nSPS) is 31.6. The molecule has 0 aromatic heterocycles. The average Bonchev–Trinajstić information content (AvgIpc) is 2.96. The van der Waals surface area contributed by atoms with Crippen molar-refractivity contribution in [3.63, 3.8) is 0 Å². The van der Waals surface area contributed by atoms with Crippen LogP contribution >= 0.6 is 0 Å². The number of rotatable bonds is 3. The molecule has 1 N–H and O–H groups in total. The van der Waals surface area contributed by atoms with Gasteiger partial charge in [-0.15, -0.1) is 0 Å². The average molecular weight is 267 g/mol. The fourth-order valence-electron chi connectivity index (χ4n) is 3.52. The van der Waals surface area contributed by atoms with E-state index in [0.29, 0.717) is 6.54 Å². The van der Waals surface area contributed by atoms with Gasteiger partial charge in [-0.3, -0.25) is 14.6 Å². The summed E-state index contributed by atoms with van der Waals surface area (Å²) in [5.41, 5.74) is 0. The second kappa shape index (κ2) is 6.20. The van der Waals surface area contributed by atoms with Crippen molar-refractivity contribution in [1.29, 1.82) is 0 Å².